The number of carbonyl (C=O) groups excluding carboxylic acids is 1. The number of hydrogen-bond donors (Lipinski definition) is 1. The van der Waals surface area contributed by atoms with Crippen molar-refractivity contribution in [3.8, 4) is 0 Å². The molecule has 0 unspecified atom stereocenters. The minimum Gasteiger partial charge on any atom is -0.354 e. The Morgan fingerprint density at radius 3 is 2.34 bits per heavy atom. The molecule has 0 aliphatic heterocycles. The van der Waals surface area contributed by atoms with Gasteiger partial charge in [0.05, 0.1) is 10.6 Å². The Bertz CT molecular complexity index is 1220. The van der Waals surface area contributed by atoms with Crippen molar-refractivity contribution in [2.24, 2.45) is 0 Å². The summed E-state index contributed by atoms with van der Waals surface area (Å²) in [5, 5.41) is 2.74. The van der Waals surface area contributed by atoms with Gasteiger partial charge in [0, 0.05) is 17.2 Å². The highest BCUT2D eigenvalue weighted by Crippen LogP contribution is 2.26. The molecule has 1 amide bonds. The van der Waals surface area contributed by atoms with Crippen molar-refractivity contribution in [2.45, 2.75) is 22.0 Å². The van der Waals surface area contributed by atoms with Crippen LogP contribution in [0.2, 0.25) is 0 Å². The Balaban J connectivity index is 1.59. The Morgan fingerprint density at radius 1 is 0.971 bits per heavy atom. The van der Waals surface area contributed by atoms with Crippen LogP contribution in [0.4, 0.5) is 14.5 Å². The quantitative estimate of drug-likeness (QED) is 0.251. The standard InChI is InChI=1S/C25H26F2N2O3S3/c1-33-23-10-12-24(13-11-23)35(31,32)29(22-5-2-4-21(27)16-22)17-25(30)28-14-3-15-34-18-19-6-8-20(26)9-7-19/h2,4-13,16H,3,14-15,17-18H2,1H3,(H,28,30). The summed E-state index contributed by atoms with van der Waals surface area (Å²) in [6, 6.07) is 17.8. The molecule has 0 aromatic heterocycles. The Hall–Kier alpha value is -2.56. The first-order chi connectivity index (χ1) is 16.8. The van der Waals surface area contributed by atoms with Crippen molar-refractivity contribution in [3.63, 3.8) is 0 Å². The van der Waals surface area contributed by atoms with Crippen LogP contribution in [-0.4, -0.2) is 39.4 Å². The van der Waals surface area contributed by atoms with Gasteiger partial charge in [0.15, 0.2) is 0 Å². The highest BCUT2D eigenvalue weighted by Gasteiger charge is 2.27. The molecule has 0 saturated carbocycles. The average Bonchev–Trinajstić information content (AvgIpc) is 2.85. The summed E-state index contributed by atoms with van der Waals surface area (Å²) in [5.41, 5.74) is 1.09. The van der Waals surface area contributed by atoms with Crippen LogP contribution in [0.15, 0.2) is 82.6 Å². The molecule has 5 nitrogen and oxygen atoms in total. The molecular weight excluding hydrogens is 510 g/mol. The van der Waals surface area contributed by atoms with E-state index < -0.39 is 28.3 Å². The molecule has 0 saturated heterocycles. The van der Waals surface area contributed by atoms with E-state index in [0.29, 0.717) is 13.0 Å². The van der Waals surface area contributed by atoms with Crippen LogP contribution in [0, 0.1) is 11.6 Å². The summed E-state index contributed by atoms with van der Waals surface area (Å²) in [6.45, 7) is -0.104. The lowest BCUT2D eigenvalue weighted by Crippen LogP contribution is -2.41. The van der Waals surface area contributed by atoms with E-state index >= 15 is 0 Å². The minimum atomic E-state index is -4.10. The molecule has 3 aromatic rings. The van der Waals surface area contributed by atoms with Crippen LogP contribution in [0.25, 0.3) is 0 Å². The monoisotopic (exact) mass is 536 g/mol. The third-order valence-corrected chi connectivity index (χ3v) is 8.65. The summed E-state index contributed by atoms with van der Waals surface area (Å²) in [4.78, 5) is 13.5. The van der Waals surface area contributed by atoms with Gasteiger partial charge >= 0.3 is 0 Å². The number of sulfonamides is 1. The molecule has 0 spiro atoms. The first-order valence-corrected chi connectivity index (χ1v) is 14.6. The van der Waals surface area contributed by atoms with Gasteiger partial charge in [0.2, 0.25) is 5.91 Å². The molecule has 0 atom stereocenters. The van der Waals surface area contributed by atoms with Crippen LogP contribution >= 0.6 is 23.5 Å². The third kappa shape index (κ3) is 7.98. The van der Waals surface area contributed by atoms with E-state index in [1.807, 2.05) is 6.26 Å². The zero-order valence-corrected chi connectivity index (χ0v) is 21.6. The molecule has 3 aromatic carbocycles. The van der Waals surface area contributed by atoms with Crippen molar-refractivity contribution in [1.82, 2.24) is 5.32 Å². The maximum Gasteiger partial charge on any atom is 0.264 e. The van der Waals surface area contributed by atoms with Crippen molar-refractivity contribution in [3.05, 3.63) is 90.0 Å². The molecule has 0 radical (unpaired) electrons. The van der Waals surface area contributed by atoms with E-state index in [2.05, 4.69) is 5.32 Å². The van der Waals surface area contributed by atoms with E-state index in [9.17, 15) is 22.0 Å². The normalized spacial score (nSPS) is 11.3. The van der Waals surface area contributed by atoms with Gasteiger partial charge < -0.3 is 5.32 Å². The molecule has 0 aliphatic carbocycles. The number of rotatable bonds is 12. The van der Waals surface area contributed by atoms with Gasteiger partial charge in [-0.1, -0.05) is 18.2 Å². The highest BCUT2D eigenvalue weighted by molar-refractivity contribution is 7.98. The second kappa shape index (κ2) is 12.9. The summed E-state index contributed by atoms with van der Waals surface area (Å²) in [7, 11) is -4.10. The molecule has 0 fully saturated rings. The number of hydrogen-bond acceptors (Lipinski definition) is 5. The van der Waals surface area contributed by atoms with E-state index in [1.165, 1.54) is 54.2 Å². The van der Waals surface area contributed by atoms with Crippen molar-refractivity contribution in [1.29, 1.82) is 0 Å². The van der Waals surface area contributed by atoms with E-state index in [1.54, 1.807) is 36.0 Å². The van der Waals surface area contributed by atoms with Crippen LogP contribution in [0.5, 0.6) is 0 Å². The predicted octanol–water partition coefficient (Wildman–Crippen LogP) is 5.32. The molecule has 0 heterocycles. The first-order valence-electron chi connectivity index (χ1n) is 10.8. The Kier molecular flexibility index (Phi) is 10.00. The molecule has 0 bridgehead atoms. The molecule has 35 heavy (non-hydrogen) atoms. The number of thioether (sulfide) groups is 2. The minimum absolute atomic E-state index is 0.0181. The zero-order chi connectivity index (χ0) is 25.3. The van der Waals surface area contributed by atoms with E-state index in [4.69, 9.17) is 0 Å². The molecule has 1 N–H and O–H groups in total. The van der Waals surface area contributed by atoms with Gasteiger partial charge in [0.25, 0.3) is 10.0 Å². The highest BCUT2D eigenvalue weighted by atomic mass is 32.2. The van der Waals surface area contributed by atoms with E-state index in [0.717, 1.165) is 32.3 Å². The van der Waals surface area contributed by atoms with Gasteiger partial charge in [-0.2, -0.15) is 11.8 Å². The van der Waals surface area contributed by atoms with E-state index in [-0.39, 0.29) is 16.4 Å². The Morgan fingerprint density at radius 2 is 1.69 bits per heavy atom. The maximum absolute atomic E-state index is 13.9. The summed E-state index contributed by atoms with van der Waals surface area (Å²) in [5.74, 6) is 0.148. The van der Waals surface area contributed by atoms with Crippen molar-refractivity contribution < 1.29 is 22.0 Å². The van der Waals surface area contributed by atoms with Crippen molar-refractivity contribution in [2.75, 3.05) is 29.4 Å². The number of nitrogens with zero attached hydrogens (tertiary/aromatic N) is 1. The number of nitrogens with one attached hydrogen (secondary N) is 1. The molecule has 3 rings (SSSR count). The first kappa shape index (κ1) is 27.0. The molecule has 186 valence electrons. The van der Waals surface area contributed by atoms with Gasteiger partial charge in [-0.05, 0) is 78.6 Å². The number of anilines is 1. The van der Waals surface area contributed by atoms with Crippen molar-refractivity contribution >= 4 is 45.1 Å². The second-order valence-electron chi connectivity index (χ2n) is 7.55. The second-order valence-corrected chi connectivity index (χ2v) is 11.4. The van der Waals surface area contributed by atoms with Gasteiger partial charge in [-0.25, -0.2) is 17.2 Å². The smallest absolute Gasteiger partial charge is 0.264 e. The van der Waals surface area contributed by atoms with Gasteiger partial charge in [-0.15, -0.1) is 11.8 Å². The fourth-order valence-electron chi connectivity index (χ4n) is 3.18. The fraction of sp³-hybridized carbons (Fsp3) is 0.240. The SMILES string of the molecule is CSc1ccc(S(=O)(=O)N(CC(=O)NCCCSCc2ccc(F)cc2)c2cccc(F)c2)cc1. The molecule has 10 heteroatoms. The summed E-state index contributed by atoms with van der Waals surface area (Å²) >= 11 is 3.14. The fourth-order valence-corrected chi connectivity index (χ4v) is 5.92. The molecular formula is C25H26F2N2O3S3. The number of amides is 1. The Labute approximate surface area is 213 Å². The third-order valence-electron chi connectivity index (χ3n) is 5.00. The molecule has 0 aliphatic rings. The number of carbonyl (C=O) groups is 1. The zero-order valence-electron chi connectivity index (χ0n) is 19.1. The van der Waals surface area contributed by atoms with Crippen LogP contribution in [0.3, 0.4) is 0 Å². The lowest BCUT2D eigenvalue weighted by molar-refractivity contribution is -0.119. The largest absolute Gasteiger partial charge is 0.354 e. The van der Waals surface area contributed by atoms with Crippen LogP contribution in [0.1, 0.15) is 12.0 Å². The number of halogens is 2. The summed E-state index contributed by atoms with van der Waals surface area (Å²) < 4.78 is 54.4. The van der Waals surface area contributed by atoms with Crippen LogP contribution < -0.4 is 9.62 Å². The summed E-state index contributed by atoms with van der Waals surface area (Å²) in [6.07, 6.45) is 2.56. The maximum atomic E-state index is 13.9. The van der Waals surface area contributed by atoms with Gasteiger partial charge in [-0.3, -0.25) is 9.10 Å². The lowest BCUT2D eigenvalue weighted by atomic mass is 10.2. The average molecular weight is 537 g/mol. The van der Waals surface area contributed by atoms with Crippen LogP contribution in [-0.2, 0) is 20.6 Å². The predicted molar refractivity (Wildman–Crippen MR) is 139 cm³/mol. The number of benzene rings is 3. The topological polar surface area (TPSA) is 66.5 Å². The van der Waals surface area contributed by atoms with Gasteiger partial charge in [0.1, 0.15) is 18.2 Å². The lowest BCUT2D eigenvalue weighted by Gasteiger charge is -2.24.